The van der Waals surface area contributed by atoms with E-state index in [0.717, 1.165) is 31.1 Å². The van der Waals surface area contributed by atoms with Crippen LogP contribution in [0, 0.1) is 16.0 Å². The topological polar surface area (TPSA) is 87.1 Å². The number of aromatic nitrogens is 2. The molecule has 0 amide bonds. The van der Waals surface area contributed by atoms with Gasteiger partial charge in [-0.05, 0) is 37.9 Å². The number of nitro groups is 1. The number of hydrogen-bond donors (Lipinski definition) is 2. The highest BCUT2D eigenvalue weighted by Gasteiger charge is 2.17. The summed E-state index contributed by atoms with van der Waals surface area (Å²) in [6.45, 7) is 3.07. The summed E-state index contributed by atoms with van der Waals surface area (Å²) in [6, 6.07) is 4.70. The Labute approximate surface area is 122 Å². The van der Waals surface area contributed by atoms with E-state index < -0.39 is 4.92 Å². The molecule has 1 aliphatic rings. The number of piperidine rings is 1. The molecule has 2 N–H and O–H groups in total. The van der Waals surface area contributed by atoms with E-state index >= 15 is 0 Å². The van der Waals surface area contributed by atoms with Crippen LogP contribution in [0.2, 0.25) is 0 Å². The Hall–Kier alpha value is -2.15. The van der Waals surface area contributed by atoms with Crippen molar-refractivity contribution in [2.24, 2.45) is 5.92 Å². The Bertz CT molecular complexity index is 648. The molecule has 1 aliphatic heterocycles. The number of rotatable bonds is 4. The van der Waals surface area contributed by atoms with Crippen LogP contribution in [0.15, 0.2) is 18.2 Å². The van der Waals surface area contributed by atoms with E-state index in [4.69, 9.17) is 0 Å². The molecule has 0 aliphatic carbocycles. The number of fused-ring (bicyclic) bond motifs is 1. The molecule has 2 heterocycles. The van der Waals surface area contributed by atoms with E-state index in [1.165, 1.54) is 25.0 Å². The third kappa shape index (κ3) is 2.97. The lowest BCUT2D eigenvalue weighted by Crippen LogP contribution is -2.37. The van der Waals surface area contributed by atoms with Gasteiger partial charge in [-0.15, -0.1) is 0 Å². The third-order valence-electron chi connectivity index (χ3n) is 3.96. The van der Waals surface area contributed by atoms with Crippen LogP contribution in [0.4, 0.5) is 11.6 Å². The van der Waals surface area contributed by atoms with Gasteiger partial charge in [0.1, 0.15) is 0 Å². The normalized spacial score (nSPS) is 18.8. The predicted molar refractivity (Wildman–Crippen MR) is 81.6 cm³/mol. The second-order valence-corrected chi connectivity index (χ2v) is 5.61. The fourth-order valence-corrected chi connectivity index (χ4v) is 2.83. The molecule has 1 aromatic heterocycles. The summed E-state index contributed by atoms with van der Waals surface area (Å²) in [5, 5.41) is 14.2. The molecule has 1 unspecified atom stereocenters. The number of non-ortho nitro benzene ring substituents is 1. The number of nitrogens with zero attached hydrogens (tertiary/aromatic N) is 3. The van der Waals surface area contributed by atoms with Crippen molar-refractivity contribution in [1.29, 1.82) is 0 Å². The summed E-state index contributed by atoms with van der Waals surface area (Å²) >= 11 is 0. The van der Waals surface area contributed by atoms with E-state index in [1.54, 1.807) is 6.07 Å². The number of nitro benzene ring substituents is 1. The van der Waals surface area contributed by atoms with Crippen molar-refractivity contribution < 1.29 is 4.92 Å². The molecule has 1 fully saturated rings. The molecular formula is C14H19N5O2. The molecule has 1 saturated heterocycles. The van der Waals surface area contributed by atoms with Gasteiger partial charge in [0.05, 0.1) is 16.0 Å². The van der Waals surface area contributed by atoms with Gasteiger partial charge in [-0.25, -0.2) is 4.98 Å². The summed E-state index contributed by atoms with van der Waals surface area (Å²) in [5.41, 5.74) is 1.54. The number of nitrogens with one attached hydrogen (secondary N) is 2. The maximum absolute atomic E-state index is 10.8. The van der Waals surface area contributed by atoms with Gasteiger partial charge in [-0.3, -0.25) is 10.1 Å². The van der Waals surface area contributed by atoms with Crippen molar-refractivity contribution in [2.75, 3.05) is 31.6 Å². The first kappa shape index (κ1) is 13.8. The Morgan fingerprint density at radius 1 is 1.52 bits per heavy atom. The minimum atomic E-state index is -0.392. The van der Waals surface area contributed by atoms with Crippen LogP contribution < -0.4 is 10.2 Å². The second kappa shape index (κ2) is 5.69. The summed E-state index contributed by atoms with van der Waals surface area (Å²) in [7, 11) is 2.00. The number of aromatic amines is 1. The van der Waals surface area contributed by atoms with Gasteiger partial charge < -0.3 is 15.2 Å². The lowest BCUT2D eigenvalue weighted by molar-refractivity contribution is -0.384. The molecule has 3 rings (SSSR count). The zero-order chi connectivity index (χ0) is 14.8. The molecule has 0 saturated carbocycles. The fourth-order valence-electron chi connectivity index (χ4n) is 2.83. The number of H-pyrrole nitrogens is 1. The molecule has 0 bridgehead atoms. The lowest BCUT2D eigenvalue weighted by Gasteiger charge is -2.27. The number of benzene rings is 1. The average Bonchev–Trinajstić information content (AvgIpc) is 2.91. The van der Waals surface area contributed by atoms with Crippen LogP contribution >= 0.6 is 0 Å². The SMILES string of the molecule is CN(CC1CCCNC1)c1nc2ccc([N+](=O)[O-])cc2[nH]1. The standard InChI is InChI=1S/C14H19N5O2/c1-18(9-10-3-2-6-15-8-10)14-16-12-5-4-11(19(20)21)7-13(12)17-14/h4-5,7,10,15H,2-3,6,8-9H2,1H3,(H,16,17). The van der Waals surface area contributed by atoms with Gasteiger partial charge >= 0.3 is 0 Å². The van der Waals surface area contributed by atoms with Crippen LogP contribution in [0.25, 0.3) is 11.0 Å². The van der Waals surface area contributed by atoms with Crippen molar-refractivity contribution in [3.05, 3.63) is 28.3 Å². The van der Waals surface area contributed by atoms with Crippen LogP contribution in [-0.4, -0.2) is 41.6 Å². The third-order valence-corrected chi connectivity index (χ3v) is 3.96. The molecule has 0 spiro atoms. The first-order chi connectivity index (χ1) is 10.1. The lowest BCUT2D eigenvalue weighted by atomic mass is 9.99. The summed E-state index contributed by atoms with van der Waals surface area (Å²) < 4.78 is 0. The quantitative estimate of drug-likeness (QED) is 0.663. The minimum Gasteiger partial charge on any atom is -0.345 e. The molecule has 0 radical (unpaired) electrons. The Kier molecular flexibility index (Phi) is 3.74. The summed E-state index contributed by atoms with van der Waals surface area (Å²) in [5.74, 6) is 1.38. The highest BCUT2D eigenvalue weighted by Crippen LogP contribution is 2.22. The molecule has 21 heavy (non-hydrogen) atoms. The highest BCUT2D eigenvalue weighted by molar-refractivity contribution is 5.80. The van der Waals surface area contributed by atoms with Crippen molar-refractivity contribution in [2.45, 2.75) is 12.8 Å². The number of anilines is 1. The van der Waals surface area contributed by atoms with Crippen LogP contribution in [0.1, 0.15) is 12.8 Å². The average molecular weight is 289 g/mol. The Morgan fingerprint density at radius 2 is 2.38 bits per heavy atom. The first-order valence-electron chi connectivity index (χ1n) is 7.19. The van der Waals surface area contributed by atoms with Gasteiger partial charge in [-0.1, -0.05) is 0 Å². The van der Waals surface area contributed by atoms with Crippen LogP contribution in [0.5, 0.6) is 0 Å². The van der Waals surface area contributed by atoms with Gasteiger partial charge in [0, 0.05) is 25.7 Å². The van der Waals surface area contributed by atoms with E-state index in [-0.39, 0.29) is 5.69 Å². The maximum Gasteiger partial charge on any atom is 0.271 e. The predicted octanol–water partition coefficient (Wildman–Crippen LogP) is 1.91. The van der Waals surface area contributed by atoms with Crippen LogP contribution in [-0.2, 0) is 0 Å². The molecular weight excluding hydrogens is 270 g/mol. The summed E-state index contributed by atoms with van der Waals surface area (Å²) in [4.78, 5) is 20.2. The molecule has 2 aromatic rings. The smallest absolute Gasteiger partial charge is 0.271 e. The van der Waals surface area contributed by atoms with Crippen LogP contribution in [0.3, 0.4) is 0 Å². The molecule has 7 heteroatoms. The van der Waals surface area contributed by atoms with Crippen molar-refractivity contribution in [1.82, 2.24) is 15.3 Å². The first-order valence-corrected chi connectivity index (χ1v) is 7.19. The van der Waals surface area contributed by atoms with E-state index in [0.29, 0.717) is 11.4 Å². The van der Waals surface area contributed by atoms with Crippen molar-refractivity contribution in [3.8, 4) is 0 Å². The zero-order valence-electron chi connectivity index (χ0n) is 12.0. The monoisotopic (exact) mass is 289 g/mol. The van der Waals surface area contributed by atoms with Gasteiger partial charge in [0.25, 0.3) is 5.69 Å². The zero-order valence-corrected chi connectivity index (χ0v) is 12.0. The highest BCUT2D eigenvalue weighted by atomic mass is 16.6. The van der Waals surface area contributed by atoms with E-state index in [1.807, 2.05) is 7.05 Å². The Morgan fingerprint density at radius 3 is 3.10 bits per heavy atom. The summed E-state index contributed by atoms with van der Waals surface area (Å²) in [6.07, 6.45) is 2.44. The minimum absolute atomic E-state index is 0.0804. The van der Waals surface area contributed by atoms with Gasteiger partial charge in [-0.2, -0.15) is 0 Å². The number of imidazole rings is 1. The van der Waals surface area contributed by atoms with E-state index in [9.17, 15) is 10.1 Å². The second-order valence-electron chi connectivity index (χ2n) is 5.61. The molecule has 7 nitrogen and oxygen atoms in total. The van der Waals surface area contributed by atoms with E-state index in [2.05, 4.69) is 20.2 Å². The Balaban J connectivity index is 1.78. The maximum atomic E-state index is 10.8. The fraction of sp³-hybridized carbons (Fsp3) is 0.500. The number of hydrogen-bond acceptors (Lipinski definition) is 5. The molecule has 1 aromatic carbocycles. The molecule has 112 valence electrons. The van der Waals surface area contributed by atoms with Crippen molar-refractivity contribution in [3.63, 3.8) is 0 Å². The molecule has 1 atom stereocenters. The van der Waals surface area contributed by atoms with Crippen molar-refractivity contribution >= 4 is 22.7 Å². The van der Waals surface area contributed by atoms with Gasteiger partial charge in [0.15, 0.2) is 0 Å². The van der Waals surface area contributed by atoms with Gasteiger partial charge in [0.2, 0.25) is 5.95 Å². The largest absolute Gasteiger partial charge is 0.345 e.